The van der Waals surface area contributed by atoms with Crippen molar-refractivity contribution in [3.05, 3.63) is 34.4 Å². The molecule has 0 saturated carbocycles. The number of hydrogen-bond donors (Lipinski definition) is 0. The summed E-state index contributed by atoms with van der Waals surface area (Å²) >= 11 is 0. The lowest BCUT2D eigenvalue weighted by molar-refractivity contribution is 0.0953. The normalized spacial score (nSPS) is 13.4. The van der Waals surface area contributed by atoms with Crippen LogP contribution in [0.3, 0.4) is 0 Å². The van der Waals surface area contributed by atoms with Gasteiger partial charge in [-0.15, -0.1) is 0 Å². The molecule has 1 atom stereocenters. The van der Waals surface area contributed by atoms with E-state index in [-0.39, 0.29) is 11.2 Å². The molecular formula is C18H28O. The number of hydrogen-bond acceptors (Lipinski definition) is 1. The third kappa shape index (κ3) is 4.81. The number of carbonyl (C=O) groups is 1. The highest BCUT2D eigenvalue weighted by molar-refractivity contribution is 5.97. The minimum absolute atomic E-state index is 0.289. The summed E-state index contributed by atoms with van der Waals surface area (Å²) in [4.78, 5) is 12.4. The van der Waals surface area contributed by atoms with E-state index in [0.29, 0.717) is 12.3 Å². The van der Waals surface area contributed by atoms with Crippen molar-refractivity contribution < 1.29 is 4.79 Å². The molecule has 0 radical (unpaired) electrons. The lowest BCUT2D eigenvalue weighted by atomic mass is 9.82. The Hall–Kier alpha value is -1.11. The smallest absolute Gasteiger partial charge is 0.163 e. The molecule has 1 heteroatoms. The van der Waals surface area contributed by atoms with Gasteiger partial charge in [0.05, 0.1) is 0 Å². The maximum Gasteiger partial charge on any atom is 0.163 e. The molecule has 0 amide bonds. The largest absolute Gasteiger partial charge is 0.294 e. The van der Waals surface area contributed by atoms with Crippen molar-refractivity contribution in [1.29, 1.82) is 0 Å². The molecule has 0 aromatic heterocycles. The quantitative estimate of drug-likeness (QED) is 0.675. The fourth-order valence-electron chi connectivity index (χ4n) is 2.80. The van der Waals surface area contributed by atoms with Crippen molar-refractivity contribution in [2.75, 3.05) is 0 Å². The maximum absolute atomic E-state index is 12.4. The van der Waals surface area contributed by atoms with Crippen LogP contribution in [0.1, 0.15) is 67.6 Å². The van der Waals surface area contributed by atoms with E-state index < -0.39 is 0 Å². The number of ketones is 1. The molecule has 106 valence electrons. The molecule has 19 heavy (non-hydrogen) atoms. The maximum atomic E-state index is 12.4. The molecule has 0 N–H and O–H groups in total. The topological polar surface area (TPSA) is 17.1 Å². The van der Waals surface area contributed by atoms with Crippen LogP contribution < -0.4 is 0 Å². The monoisotopic (exact) mass is 260 g/mol. The Morgan fingerprint density at radius 2 is 1.58 bits per heavy atom. The van der Waals surface area contributed by atoms with Gasteiger partial charge in [0.2, 0.25) is 0 Å². The molecular weight excluding hydrogens is 232 g/mol. The van der Waals surface area contributed by atoms with E-state index in [1.807, 2.05) is 6.92 Å². The molecule has 0 saturated heterocycles. The summed E-state index contributed by atoms with van der Waals surface area (Å²) in [5.41, 5.74) is 4.77. The summed E-state index contributed by atoms with van der Waals surface area (Å²) in [5.74, 6) is 0.728. The van der Waals surface area contributed by atoms with E-state index in [1.54, 1.807) is 0 Å². The van der Waals surface area contributed by atoms with Crippen LogP contribution >= 0.6 is 0 Å². The standard InChI is InChI=1S/C18H28O/c1-12(11-18(5,6)7)8-17(19)16-10-14(3)13(2)9-15(16)4/h9-10,12H,8,11H2,1-7H3. The molecule has 0 aliphatic rings. The fourth-order valence-corrected chi connectivity index (χ4v) is 2.80. The van der Waals surface area contributed by atoms with Crippen molar-refractivity contribution in [3.63, 3.8) is 0 Å². The number of carbonyl (C=O) groups excluding carboxylic acids is 1. The molecule has 0 aliphatic carbocycles. The van der Waals surface area contributed by atoms with Crippen molar-refractivity contribution >= 4 is 5.78 Å². The van der Waals surface area contributed by atoms with Gasteiger partial charge in [0.25, 0.3) is 0 Å². The van der Waals surface area contributed by atoms with Gasteiger partial charge < -0.3 is 0 Å². The van der Waals surface area contributed by atoms with Gasteiger partial charge in [-0.2, -0.15) is 0 Å². The average molecular weight is 260 g/mol. The molecule has 0 heterocycles. The van der Waals surface area contributed by atoms with Gasteiger partial charge in [-0.05, 0) is 61.3 Å². The predicted molar refractivity (Wildman–Crippen MR) is 82.8 cm³/mol. The van der Waals surface area contributed by atoms with Crippen LogP contribution in [0.5, 0.6) is 0 Å². The molecule has 1 rings (SSSR count). The summed E-state index contributed by atoms with van der Waals surface area (Å²) in [6.07, 6.45) is 1.74. The Balaban J connectivity index is 2.82. The minimum Gasteiger partial charge on any atom is -0.294 e. The van der Waals surface area contributed by atoms with Crippen molar-refractivity contribution in [3.8, 4) is 0 Å². The van der Waals surface area contributed by atoms with Crippen LogP contribution in [0.2, 0.25) is 0 Å². The van der Waals surface area contributed by atoms with Crippen LogP contribution in [-0.4, -0.2) is 5.78 Å². The SMILES string of the molecule is Cc1cc(C)c(C(=O)CC(C)CC(C)(C)C)cc1C. The zero-order valence-corrected chi connectivity index (χ0v) is 13.6. The molecule has 0 fully saturated rings. The van der Waals surface area contributed by atoms with Crippen LogP contribution in [0, 0.1) is 32.1 Å². The van der Waals surface area contributed by atoms with Crippen molar-refractivity contribution in [1.82, 2.24) is 0 Å². The third-order valence-electron chi connectivity index (χ3n) is 3.64. The van der Waals surface area contributed by atoms with Gasteiger partial charge in [-0.25, -0.2) is 0 Å². The Morgan fingerprint density at radius 3 is 2.11 bits per heavy atom. The molecule has 0 aliphatic heterocycles. The zero-order valence-electron chi connectivity index (χ0n) is 13.6. The number of aryl methyl sites for hydroxylation is 3. The molecule has 0 spiro atoms. The molecule has 1 nitrogen and oxygen atoms in total. The molecule has 1 unspecified atom stereocenters. The Labute approximate surface area is 118 Å². The predicted octanol–water partition coefficient (Wildman–Crippen LogP) is 5.26. The second-order valence-electron chi connectivity index (χ2n) is 7.25. The second-order valence-corrected chi connectivity index (χ2v) is 7.25. The fraction of sp³-hybridized carbons (Fsp3) is 0.611. The van der Waals surface area contributed by atoms with Crippen LogP contribution in [0.4, 0.5) is 0 Å². The lowest BCUT2D eigenvalue weighted by Crippen LogP contribution is -2.15. The van der Waals surface area contributed by atoms with Gasteiger partial charge in [0.15, 0.2) is 5.78 Å². The molecule has 1 aromatic rings. The Bertz CT molecular complexity index is 463. The first kappa shape index (κ1) is 15.9. The molecule has 1 aromatic carbocycles. The highest BCUT2D eigenvalue weighted by atomic mass is 16.1. The van der Waals surface area contributed by atoms with E-state index in [0.717, 1.165) is 17.5 Å². The Morgan fingerprint density at radius 1 is 1.05 bits per heavy atom. The van der Waals surface area contributed by atoms with Crippen molar-refractivity contribution in [2.24, 2.45) is 11.3 Å². The Kier molecular flexibility index (Phi) is 4.95. The number of benzene rings is 1. The second kappa shape index (κ2) is 5.90. The first-order valence-corrected chi connectivity index (χ1v) is 7.21. The van der Waals surface area contributed by atoms with Gasteiger partial charge in [0.1, 0.15) is 0 Å². The van der Waals surface area contributed by atoms with Gasteiger partial charge in [0, 0.05) is 12.0 Å². The summed E-state index contributed by atoms with van der Waals surface area (Å²) in [5, 5.41) is 0. The summed E-state index contributed by atoms with van der Waals surface area (Å²) in [7, 11) is 0. The van der Waals surface area contributed by atoms with Gasteiger partial charge in [-0.3, -0.25) is 4.79 Å². The van der Waals surface area contributed by atoms with Gasteiger partial charge >= 0.3 is 0 Å². The van der Waals surface area contributed by atoms with Crippen LogP contribution in [0.25, 0.3) is 0 Å². The van der Waals surface area contributed by atoms with E-state index in [2.05, 4.69) is 53.7 Å². The van der Waals surface area contributed by atoms with Gasteiger partial charge in [-0.1, -0.05) is 33.8 Å². The van der Waals surface area contributed by atoms with Crippen molar-refractivity contribution in [2.45, 2.75) is 61.3 Å². The first-order valence-electron chi connectivity index (χ1n) is 7.21. The minimum atomic E-state index is 0.289. The summed E-state index contributed by atoms with van der Waals surface area (Å²) in [6.45, 7) is 15.1. The first-order chi connectivity index (χ1) is 8.60. The van der Waals surface area contributed by atoms with E-state index in [4.69, 9.17) is 0 Å². The highest BCUT2D eigenvalue weighted by Gasteiger charge is 2.19. The zero-order chi connectivity index (χ0) is 14.8. The van der Waals surface area contributed by atoms with Crippen LogP contribution in [-0.2, 0) is 0 Å². The summed E-state index contributed by atoms with van der Waals surface area (Å²) < 4.78 is 0. The average Bonchev–Trinajstić information content (AvgIpc) is 2.20. The third-order valence-corrected chi connectivity index (χ3v) is 3.64. The molecule has 0 bridgehead atoms. The van der Waals surface area contributed by atoms with E-state index >= 15 is 0 Å². The van der Waals surface area contributed by atoms with E-state index in [1.165, 1.54) is 11.1 Å². The lowest BCUT2D eigenvalue weighted by Gasteiger charge is -2.23. The number of Topliss-reactive ketones (excluding diaryl/α,β-unsaturated/α-hetero) is 1. The highest BCUT2D eigenvalue weighted by Crippen LogP contribution is 2.27. The number of rotatable bonds is 4. The van der Waals surface area contributed by atoms with E-state index in [9.17, 15) is 4.79 Å². The van der Waals surface area contributed by atoms with Crippen LogP contribution in [0.15, 0.2) is 12.1 Å². The summed E-state index contributed by atoms with van der Waals surface area (Å²) in [6, 6.07) is 4.17.